The topological polar surface area (TPSA) is 76.4 Å². The molecule has 24 heavy (non-hydrogen) atoms. The fourth-order valence-corrected chi connectivity index (χ4v) is 3.18. The Labute approximate surface area is 139 Å². The van der Waals surface area contributed by atoms with Gasteiger partial charge in [0.2, 0.25) is 5.91 Å². The summed E-state index contributed by atoms with van der Waals surface area (Å²) >= 11 is 0. The number of fused-ring (bicyclic) bond motifs is 1. The number of nitrogens with one attached hydrogen (secondary N) is 1. The number of phenolic OH excluding ortho intramolecular Hbond substituents is 1. The van der Waals surface area contributed by atoms with Crippen molar-refractivity contribution in [3.05, 3.63) is 34.8 Å². The van der Waals surface area contributed by atoms with Gasteiger partial charge in [-0.3, -0.25) is 4.79 Å². The summed E-state index contributed by atoms with van der Waals surface area (Å²) < 4.78 is 20.8. The normalized spacial score (nSPS) is 16.9. The summed E-state index contributed by atoms with van der Waals surface area (Å²) in [5.41, 5.74) is 2.23. The number of rotatable bonds is 3. The van der Waals surface area contributed by atoms with E-state index in [1.807, 2.05) is 20.8 Å². The molecular formula is C17H20FN3O3. The van der Waals surface area contributed by atoms with Gasteiger partial charge in [-0.25, -0.2) is 9.07 Å². The molecule has 0 saturated carbocycles. The van der Waals surface area contributed by atoms with Crippen LogP contribution in [0.5, 0.6) is 11.5 Å². The number of aromatic nitrogens is 2. The number of carbonyl (C=O) groups is 1. The average Bonchev–Trinajstić information content (AvgIpc) is 2.86. The van der Waals surface area contributed by atoms with E-state index >= 15 is 0 Å². The first-order valence-corrected chi connectivity index (χ1v) is 7.78. The van der Waals surface area contributed by atoms with Gasteiger partial charge in [-0.1, -0.05) is 0 Å². The number of phenols is 1. The Morgan fingerprint density at radius 3 is 2.79 bits per heavy atom. The van der Waals surface area contributed by atoms with E-state index in [0.29, 0.717) is 11.4 Å². The maximum absolute atomic E-state index is 14.0. The molecule has 1 atom stereocenters. The van der Waals surface area contributed by atoms with Crippen LogP contribution in [-0.4, -0.2) is 27.9 Å². The number of carbonyl (C=O) groups excluding carboxylic acids is 1. The number of anilines is 1. The van der Waals surface area contributed by atoms with Crippen molar-refractivity contribution >= 4 is 11.7 Å². The predicted octanol–water partition coefficient (Wildman–Crippen LogP) is 3.10. The zero-order valence-corrected chi connectivity index (χ0v) is 14.1. The van der Waals surface area contributed by atoms with Crippen molar-refractivity contribution in [3.63, 3.8) is 0 Å². The van der Waals surface area contributed by atoms with Gasteiger partial charge in [-0.05, 0) is 38.5 Å². The molecule has 3 rings (SSSR count). The number of ether oxygens (including phenoxy) is 1. The van der Waals surface area contributed by atoms with Crippen LogP contribution >= 0.6 is 0 Å². The minimum absolute atomic E-state index is 0.0476. The molecular weight excluding hydrogens is 313 g/mol. The first-order valence-electron chi connectivity index (χ1n) is 7.78. The van der Waals surface area contributed by atoms with E-state index < -0.39 is 11.6 Å². The van der Waals surface area contributed by atoms with Crippen molar-refractivity contribution < 1.29 is 19.0 Å². The van der Waals surface area contributed by atoms with Gasteiger partial charge in [-0.2, -0.15) is 5.10 Å². The van der Waals surface area contributed by atoms with Crippen molar-refractivity contribution in [2.75, 3.05) is 12.4 Å². The molecule has 0 aliphatic carbocycles. The molecule has 128 valence electrons. The molecule has 1 aliphatic heterocycles. The van der Waals surface area contributed by atoms with Crippen LogP contribution in [-0.2, 0) is 4.79 Å². The highest BCUT2D eigenvalue weighted by Gasteiger charge is 2.33. The van der Waals surface area contributed by atoms with Crippen molar-refractivity contribution in [3.8, 4) is 11.5 Å². The highest BCUT2D eigenvalue weighted by atomic mass is 19.1. The molecule has 2 N–H and O–H groups in total. The van der Waals surface area contributed by atoms with Gasteiger partial charge in [0, 0.05) is 23.9 Å². The summed E-state index contributed by atoms with van der Waals surface area (Å²) in [6.07, 6.45) is 0.186. The monoisotopic (exact) mass is 333 g/mol. The second-order valence-electron chi connectivity index (χ2n) is 6.24. The molecule has 1 aromatic heterocycles. The molecule has 0 unspecified atom stereocenters. The van der Waals surface area contributed by atoms with E-state index in [0.717, 1.165) is 11.3 Å². The van der Waals surface area contributed by atoms with Gasteiger partial charge in [-0.15, -0.1) is 0 Å². The summed E-state index contributed by atoms with van der Waals surface area (Å²) in [5.74, 6) is -1.10. The number of aryl methyl sites for hydroxylation is 1. The number of benzene rings is 1. The van der Waals surface area contributed by atoms with Crippen LogP contribution < -0.4 is 10.1 Å². The fraction of sp³-hybridized carbons (Fsp3) is 0.412. The van der Waals surface area contributed by atoms with Crippen molar-refractivity contribution in [1.82, 2.24) is 9.78 Å². The summed E-state index contributed by atoms with van der Waals surface area (Å²) in [4.78, 5) is 12.2. The number of methoxy groups -OCH3 is 1. The summed E-state index contributed by atoms with van der Waals surface area (Å²) in [5, 5.41) is 17.1. The van der Waals surface area contributed by atoms with E-state index in [1.165, 1.54) is 13.2 Å². The van der Waals surface area contributed by atoms with E-state index in [9.17, 15) is 14.3 Å². The van der Waals surface area contributed by atoms with Crippen LogP contribution in [0, 0.1) is 12.7 Å². The predicted molar refractivity (Wildman–Crippen MR) is 87.1 cm³/mol. The highest BCUT2D eigenvalue weighted by Crippen LogP contribution is 2.42. The molecule has 1 aromatic carbocycles. The number of halogens is 1. The Balaban J connectivity index is 2.18. The zero-order valence-electron chi connectivity index (χ0n) is 14.1. The molecule has 2 aromatic rings. The van der Waals surface area contributed by atoms with E-state index in [-0.39, 0.29) is 30.0 Å². The zero-order chi connectivity index (χ0) is 17.6. The van der Waals surface area contributed by atoms with Gasteiger partial charge in [0.1, 0.15) is 5.82 Å². The fourth-order valence-electron chi connectivity index (χ4n) is 3.18. The molecule has 6 nitrogen and oxygen atoms in total. The molecule has 0 bridgehead atoms. The van der Waals surface area contributed by atoms with Crippen molar-refractivity contribution in [1.29, 1.82) is 0 Å². The first kappa shape index (κ1) is 16.3. The number of aromatic hydroxyl groups is 1. The minimum Gasteiger partial charge on any atom is -0.502 e. The largest absolute Gasteiger partial charge is 0.502 e. The SMILES string of the molecule is COc1cc([C@@H]2CC(=O)Nc3c2c(C)nn3C(C)C)cc(F)c1O. The summed E-state index contributed by atoms with van der Waals surface area (Å²) in [6, 6.07) is 2.90. The Morgan fingerprint density at radius 1 is 1.46 bits per heavy atom. The molecule has 0 saturated heterocycles. The highest BCUT2D eigenvalue weighted by molar-refractivity contribution is 5.94. The number of nitrogens with zero attached hydrogens (tertiary/aromatic N) is 2. The van der Waals surface area contributed by atoms with Crippen LogP contribution in [0.3, 0.4) is 0 Å². The molecule has 0 spiro atoms. The Bertz CT molecular complexity index is 814. The third-order valence-corrected chi connectivity index (χ3v) is 4.29. The lowest BCUT2D eigenvalue weighted by molar-refractivity contribution is -0.116. The van der Waals surface area contributed by atoms with E-state index in [4.69, 9.17) is 4.74 Å². The number of amides is 1. The molecule has 1 aliphatic rings. The maximum Gasteiger partial charge on any atom is 0.226 e. The lowest BCUT2D eigenvalue weighted by Crippen LogP contribution is -2.25. The third-order valence-electron chi connectivity index (χ3n) is 4.29. The van der Waals surface area contributed by atoms with Gasteiger partial charge in [0.15, 0.2) is 17.3 Å². The quantitative estimate of drug-likeness (QED) is 0.905. The van der Waals surface area contributed by atoms with Crippen molar-refractivity contribution in [2.24, 2.45) is 0 Å². The lowest BCUT2D eigenvalue weighted by Gasteiger charge is -2.25. The van der Waals surface area contributed by atoms with Gasteiger partial charge in [0.05, 0.1) is 12.8 Å². The van der Waals surface area contributed by atoms with Crippen LogP contribution in [0.25, 0.3) is 0 Å². The molecule has 1 amide bonds. The van der Waals surface area contributed by atoms with Crippen LogP contribution in [0.2, 0.25) is 0 Å². The molecule has 0 radical (unpaired) electrons. The number of hydrogen-bond acceptors (Lipinski definition) is 4. The first-order chi connectivity index (χ1) is 11.3. The maximum atomic E-state index is 14.0. The van der Waals surface area contributed by atoms with Gasteiger partial charge in [0.25, 0.3) is 0 Å². The third kappa shape index (κ3) is 2.50. The summed E-state index contributed by atoms with van der Waals surface area (Å²) in [6.45, 7) is 5.83. The standard InChI is InChI=1S/C17H20FN3O3/c1-8(2)21-17-15(9(3)20-21)11(7-14(22)19-17)10-5-12(18)16(23)13(6-10)24-4/h5-6,8,11,23H,7H2,1-4H3,(H,19,22)/t11-/m0/s1. The summed E-state index contributed by atoms with van der Waals surface area (Å²) in [7, 11) is 1.36. The second-order valence-corrected chi connectivity index (χ2v) is 6.24. The van der Waals surface area contributed by atoms with Crippen molar-refractivity contribution in [2.45, 2.75) is 39.2 Å². The number of hydrogen-bond donors (Lipinski definition) is 2. The average molecular weight is 333 g/mol. The van der Waals surface area contributed by atoms with E-state index in [2.05, 4.69) is 10.4 Å². The smallest absolute Gasteiger partial charge is 0.226 e. The Hall–Kier alpha value is -2.57. The van der Waals surface area contributed by atoms with Gasteiger partial charge >= 0.3 is 0 Å². The van der Waals surface area contributed by atoms with Crippen LogP contribution in [0.4, 0.5) is 10.2 Å². The lowest BCUT2D eigenvalue weighted by atomic mass is 9.85. The second kappa shape index (κ2) is 5.81. The molecule has 2 heterocycles. The van der Waals surface area contributed by atoms with E-state index in [1.54, 1.807) is 10.7 Å². The van der Waals surface area contributed by atoms with Crippen LogP contribution in [0.15, 0.2) is 12.1 Å². The Morgan fingerprint density at radius 2 is 2.17 bits per heavy atom. The molecule has 7 heteroatoms. The van der Waals surface area contributed by atoms with Crippen LogP contribution in [0.1, 0.15) is 49.0 Å². The minimum atomic E-state index is -0.772. The molecule has 0 fully saturated rings. The Kier molecular flexibility index (Phi) is 3.95. The van der Waals surface area contributed by atoms with Gasteiger partial charge < -0.3 is 15.2 Å².